The smallest absolute Gasteiger partial charge is 0.123 e. The minimum atomic E-state index is -0.158. The van der Waals surface area contributed by atoms with Crippen molar-refractivity contribution in [3.05, 3.63) is 35.6 Å². The van der Waals surface area contributed by atoms with E-state index in [1.807, 2.05) is 19.2 Å². The van der Waals surface area contributed by atoms with E-state index < -0.39 is 0 Å². The van der Waals surface area contributed by atoms with E-state index in [1.165, 1.54) is 24.1 Å². The number of hydrogen-bond acceptors (Lipinski definition) is 2. The summed E-state index contributed by atoms with van der Waals surface area (Å²) in [5, 5.41) is 3.36. The third kappa shape index (κ3) is 3.51. The molecule has 0 aromatic heterocycles. The molecule has 1 fully saturated rings. The summed E-state index contributed by atoms with van der Waals surface area (Å²) in [7, 11) is 2.03. The molecule has 94 valence electrons. The van der Waals surface area contributed by atoms with Crippen molar-refractivity contribution in [2.45, 2.75) is 25.9 Å². The van der Waals surface area contributed by atoms with Gasteiger partial charge in [-0.3, -0.25) is 4.90 Å². The van der Waals surface area contributed by atoms with E-state index >= 15 is 0 Å². The van der Waals surface area contributed by atoms with Crippen LogP contribution in [0.4, 0.5) is 4.39 Å². The fourth-order valence-electron chi connectivity index (χ4n) is 2.65. The zero-order valence-electron chi connectivity index (χ0n) is 10.6. The van der Waals surface area contributed by atoms with Crippen LogP contribution in [0.5, 0.6) is 0 Å². The highest BCUT2D eigenvalue weighted by Gasteiger charge is 2.23. The summed E-state index contributed by atoms with van der Waals surface area (Å²) in [5.74, 6) is 0.565. The average molecular weight is 236 g/mol. The second kappa shape index (κ2) is 5.61. The van der Waals surface area contributed by atoms with Crippen LogP contribution in [0.3, 0.4) is 0 Å². The van der Waals surface area contributed by atoms with E-state index in [-0.39, 0.29) is 5.82 Å². The van der Waals surface area contributed by atoms with E-state index in [1.54, 1.807) is 0 Å². The highest BCUT2D eigenvalue weighted by molar-refractivity contribution is 5.16. The number of halogens is 1. The largest absolute Gasteiger partial charge is 0.316 e. The van der Waals surface area contributed by atoms with Gasteiger partial charge in [0.05, 0.1) is 0 Å². The molecule has 1 aliphatic heterocycles. The molecule has 1 aromatic carbocycles. The van der Waals surface area contributed by atoms with Gasteiger partial charge in [-0.25, -0.2) is 4.39 Å². The normalized spacial score (nSPS) is 26.1. The maximum Gasteiger partial charge on any atom is 0.123 e. The quantitative estimate of drug-likeness (QED) is 0.866. The molecule has 2 nitrogen and oxygen atoms in total. The van der Waals surface area contributed by atoms with Gasteiger partial charge in [0, 0.05) is 25.7 Å². The molecule has 2 rings (SSSR count). The summed E-state index contributed by atoms with van der Waals surface area (Å²) < 4.78 is 12.8. The molecule has 0 amide bonds. The monoisotopic (exact) mass is 236 g/mol. The number of benzene rings is 1. The van der Waals surface area contributed by atoms with Gasteiger partial charge < -0.3 is 5.32 Å². The first kappa shape index (κ1) is 12.5. The lowest BCUT2D eigenvalue weighted by molar-refractivity contribution is 0.146. The van der Waals surface area contributed by atoms with Crippen molar-refractivity contribution >= 4 is 0 Å². The van der Waals surface area contributed by atoms with Crippen molar-refractivity contribution in [3.63, 3.8) is 0 Å². The van der Waals surface area contributed by atoms with Gasteiger partial charge in [-0.1, -0.05) is 19.1 Å². The van der Waals surface area contributed by atoms with Gasteiger partial charge in [0.15, 0.2) is 0 Å². The standard InChI is InChI=1S/C14H21FN2/c1-11-7-14(16-2)10-17(8-11)9-12-3-5-13(15)6-4-12/h3-6,11,14,16H,7-10H2,1-2H3. The van der Waals surface area contributed by atoms with Crippen molar-refractivity contribution in [3.8, 4) is 0 Å². The minimum Gasteiger partial charge on any atom is -0.316 e. The van der Waals surface area contributed by atoms with Crippen LogP contribution in [0.15, 0.2) is 24.3 Å². The Morgan fingerprint density at radius 2 is 2.00 bits per heavy atom. The Labute approximate surface area is 103 Å². The van der Waals surface area contributed by atoms with Crippen LogP contribution in [0.1, 0.15) is 18.9 Å². The summed E-state index contributed by atoms with van der Waals surface area (Å²) >= 11 is 0. The number of rotatable bonds is 3. The van der Waals surface area contributed by atoms with Crippen molar-refractivity contribution in [2.24, 2.45) is 5.92 Å². The molecule has 0 spiro atoms. The summed E-state index contributed by atoms with van der Waals surface area (Å²) in [4.78, 5) is 2.45. The second-order valence-corrected chi connectivity index (χ2v) is 5.15. The number of likely N-dealkylation sites (N-methyl/N-ethyl adjacent to an activating group) is 1. The Morgan fingerprint density at radius 1 is 1.29 bits per heavy atom. The molecule has 1 aliphatic rings. The van der Waals surface area contributed by atoms with E-state index in [4.69, 9.17) is 0 Å². The molecular formula is C14H21FN2. The first-order valence-electron chi connectivity index (χ1n) is 6.31. The van der Waals surface area contributed by atoms with Crippen molar-refractivity contribution in [2.75, 3.05) is 20.1 Å². The molecule has 0 saturated carbocycles. The number of hydrogen-bond donors (Lipinski definition) is 1. The predicted octanol–water partition coefficient (Wildman–Crippen LogP) is 2.26. The van der Waals surface area contributed by atoms with Crippen LogP contribution in [-0.4, -0.2) is 31.1 Å². The molecule has 17 heavy (non-hydrogen) atoms. The van der Waals surface area contributed by atoms with Gasteiger partial charge in [0.1, 0.15) is 5.82 Å². The zero-order valence-corrected chi connectivity index (χ0v) is 10.6. The number of nitrogens with one attached hydrogen (secondary N) is 1. The molecule has 0 bridgehead atoms. The molecule has 1 aromatic rings. The Bertz CT molecular complexity index is 350. The average Bonchev–Trinajstić information content (AvgIpc) is 2.31. The Hall–Kier alpha value is -0.930. The number of piperidine rings is 1. The van der Waals surface area contributed by atoms with Gasteiger partial charge >= 0.3 is 0 Å². The number of likely N-dealkylation sites (tertiary alicyclic amines) is 1. The lowest BCUT2D eigenvalue weighted by Crippen LogP contribution is -2.47. The van der Waals surface area contributed by atoms with E-state index in [0.29, 0.717) is 6.04 Å². The molecule has 0 aliphatic carbocycles. The van der Waals surface area contributed by atoms with Crippen molar-refractivity contribution < 1.29 is 4.39 Å². The van der Waals surface area contributed by atoms with Crippen LogP contribution in [0.2, 0.25) is 0 Å². The van der Waals surface area contributed by atoms with Crippen LogP contribution < -0.4 is 5.32 Å². The fourth-order valence-corrected chi connectivity index (χ4v) is 2.65. The molecular weight excluding hydrogens is 215 g/mol. The predicted molar refractivity (Wildman–Crippen MR) is 68.3 cm³/mol. The Balaban J connectivity index is 1.95. The number of nitrogens with zero attached hydrogens (tertiary/aromatic N) is 1. The zero-order chi connectivity index (χ0) is 12.3. The summed E-state index contributed by atoms with van der Waals surface area (Å²) in [6.45, 7) is 5.43. The summed E-state index contributed by atoms with van der Waals surface area (Å²) in [5.41, 5.74) is 1.19. The summed E-state index contributed by atoms with van der Waals surface area (Å²) in [6.07, 6.45) is 1.25. The maximum absolute atomic E-state index is 12.8. The van der Waals surface area contributed by atoms with Crippen molar-refractivity contribution in [1.29, 1.82) is 0 Å². The lowest BCUT2D eigenvalue weighted by atomic mass is 9.95. The molecule has 1 N–H and O–H groups in total. The Morgan fingerprint density at radius 3 is 2.65 bits per heavy atom. The highest BCUT2D eigenvalue weighted by atomic mass is 19.1. The van der Waals surface area contributed by atoms with Gasteiger partial charge in [-0.05, 0) is 37.1 Å². The van der Waals surface area contributed by atoms with Gasteiger partial charge in [0.25, 0.3) is 0 Å². The maximum atomic E-state index is 12.8. The van der Waals surface area contributed by atoms with Crippen molar-refractivity contribution in [1.82, 2.24) is 10.2 Å². The SMILES string of the molecule is CNC1CC(C)CN(Cc2ccc(F)cc2)C1. The first-order valence-corrected chi connectivity index (χ1v) is 6.31. The van der Waals surface area contributed by atoms with Gasteiger partial charge in [-0.15, -0.1) is 0 Å². The molecule has 2 unspecified atom stereocenters. The fraction of sp³-hybridized carbons (Fsp3) is 0.571. The van der Waals surface area contributed by atoms with Crippen LogP contribution in [0.25, 0.3) is 0 Å². The Kier molecular flexibility index (Phi) is 4.13. The molecule has 3 heteroatoms. The molecule has 1 saturated heterocycles. The second-order valence-electron chi connectivity index (χ2n) is 5.15. The van der Waals surface area contributed by atoms with Crippen LogP contribution in [0, 0.1) is 11.7 Å². The van der Waals surface area contributed by atoms with Gasteiger partial charge in [0.2, 0.25) is 0 Å². The molecule has 0 radical (unpaired) electrons. The summed E-state index contributed by atoms with van der Waals surface area (Å²) in [6, 6.07) is 7.42. The highest BCUT2D eigenvalue weighted by Crippen LogP contribution is 2.18. The van der Waals surface area contributed by atoms with E-state index in [9.17, 15) is 4.39 Å². The van der Waals surface area contributed by atoms with Crippen LogP contribution in [-0.2, 0) is 6.54 Å². The van der Waals surface area contributed by atoms with E-state index in [2.05, 4.69) is 17.1 Å². The molecule has 1 heterocycles. The molecule has 2 atom stereocenters. The van der Waals surface area contributed by atoms with Gasteiger partial charge in [-0.2, -0.15) is 0 Å². The van der Waals surface area contributed by atoms with Crippen LogP contribution >= 0.6 is 0 Å². The lowest BCUT2D eigenvalue weighted by Gasteiger charge is -2.36. The van der Waals surface area contributed by atoms with E-state index in [0.717, 1.165) is 25.6 Å². The first-order chi connectivity index (χ1) is 8.17. The third-order valence-electron chi connectivity index (χ3n) is 3.46. The third-order valence-corrected chi connectivity index (χ3v) is 3.46. The topological polar surface area (TPSA) is 15.3 Å². The minimum absolute atomic E-state index is 0.158.